The van der Waals surface area contributed by atoms with Gasteiger partial charge in [-0.25, -0.2) is 4.79 Å². The minimum atomic E-state index is -0.558. The Labute approximate surface area is 142 Å². The molecule has 24 heavy (non-hydrogen) atoms. The third-order valence-corrected chi connectivity index (χ3v) is 3.60. The van der Waals surface area contributed by atoms with Gasteiger partial charge in [0.1, 0.15) is 17.4 Å². The van der Waals surface area contributed by atoms with E-state index in [-0.39, 0.29) is 18.3 Å². The van der Waals surface area contributed by atoms with Gasteiger partial charge in [-0.05, 0) is 40.0 Å². The van der Waals surface area contributed by atoms with Gasteiger partial charge in [0.15, 0.2) is 0 Å². The molecule has 0 spiro atoms. The van der Waals surface area contributed by atoms with Crippen LogP contribution in [0.4, 0.5) is 4.79 Å². The van der Waals surface area contributed by atoms with Crippen LogP contribution >= 0.6 is 0 Å². The van der Waals surface area contributed by atoms with E-state index in [4.69, 9.17) is 15.2 Å². The summed E-state index contributed by atoms with van der Waals surface area (Å²) < 4.78 is 11.0. The van der Waals surface area contributed by atoms with Crippen molar-refractivity contribution in [2.24, 2.45) is 5.73 Å². The molecule has 9 nitrogen and oxygen atoms in total. The first-order chi connectivity index (χ1) is 11.2. The van der Waals surface area contributed by atoms with Crippen LogP contribution in [0.5, 0.6) is 0 Å². The summed E-state index contributed by atoms with van der Waals surface area (Å²) in [5.41, 5.74) is 5.23. The molecule has 1 saturated heterocycles. The summed E-state index contributed by atoms with van der Waals surface area (Å²) in [7, 11) is 1.61. The van der Waals surface area contributed by atoms with Gasteiger partial charge in [0, 0.05) is 19.7 Å². The van der Waals surface area contributed by atoms with Crippen LogP contribution in [0.2, 0.25) is 0 Å². The summed E-state index contributed by atoms with van der Waals surface area (Å²) in [5, 5.41) is 16.8. The van der Waals surface area contributed by atoms with E-state index in [9.17, 15) is 14.9 Å². The van der Waals surface area contributed by atoms with Crippen molar-refractivity contribution in [2.45, 2.75) is 57.8 Å². The predicted octanol–water partition coefficient (Wildman–Crippen LogP) is 1.12. The summed E-state index contributed by atoms with van der Waals surface area (Å²) in [4.78, 5) is 22.5. The number of hydrogen-bond acceptors (Lipinski definition) is 7. The lowest BCUT2D eigenvalue weighted by Gasteiger charge is -2.22. The van der Waals surface area contributed by atoms with Gasteiger partial charge >= 0.3 is 6.09 Å². The number of nitrogens with two attached hydrogens (primary N) is 1. The summed E-state index contributed by atoms with van der Waals surface area (Å²) in [5.74, 6) is 0. The second-order valence-electron chi connectivity index (χ2n) is 6.64. The zero-order chi connectivity index (χ0) is 18.3. The maximum Gasteiger partial charge on any atom is 0.407 e. The quantitative estimate of drug-likeness (QED) is 0.503. The molecule has 1 aliphatic rings. The third kappa shape index (κ3) is 6.32. The highest BCUT2D eigenvalue weighted by atomic mass is 16.6. The van der Waals surface area contributed by atoms with Crippen LogP contribution in [-0.4, -0.2) is 49.0 Å². The van der Waals surface area contributed by atoms with Crippen LogP contribution in [0.25, 0.3) is 0 Å². The number of hydrogen-bond donors (Lipinski definition) is 3. The zero-order valence-corrected chi connectivity index (χ0v) is 14.8. The second kappa shape index (κ2) is 8.84. The molecule has 138 valence electrons. The van der Waals surface area contributed by atoms with Gasteiger partial charge in [0.05, 0.1) is 11.5 Å². The van der Waals surface area contributed by atoms with Gasteiger partial charge < -0.3 is 25.8 Å². The van der Waals surface area contributed by atoms with Crippen molar-refractivity contribution >= 4 is 6.09 Å². The van der Waals surface area contributed by atoms with Gasteiger partial charge in [-0.3, -0.25) is 10.1 Å². The minimum Gasteiger partial charge on any atom is -0.444 e. The SMILES string of the molecule is CN/C(=C(\CN)[N+](=O)[O-])C1CCC(NC(=O)OC(C)(C)C)CCO1. The molecule has 2 unspecified atom stereocenters. The average Bonchev–Trinajstić information content (AvgIpc) is 2.67. The molecule has 1 fully saturated rings. The largest absolute Gasteiger partial charge is 0.444 e. The highest BCUT2D eigenvalue weighted by Crippen LogP contribution is 2.21. The van der Waals surface area contributed by atoms with Crippen LogP contribution in [0.3, 0.4) is 0 Å². The molecule has 4 N–H and O–H groups in total. The molecule has 0 aromatic heterocycles. The molecule has 1 amide bonds. The van der Waals surface area contributed by atoms with Gasteiger partial charge in [-0.15, -0.1) is 0 Å². The standard InChI is InChI=1S/C15H28N4O5/c1-15(2,3)24-14(20)18-10-5-6-12(23-8-7-10)13(17-4)11(9-16)19(21)22/h10,12,17H,5-9,16H2,1-4H3,(H,18,20)/b13-11+. The number of nitrogens with one attached hydrogen (secondary N) is 2. The van der Waals surface area contributed by atoms with E-state index >= 15 is 0 Å². The van der Waals surface area contributed by atoms with Gasteiger partial charge in [0.25, 0.3) is 5.70 Å². The lowest BCUT2D eigenvalue weighted by molar-refractivity contribution is -0.427. The number of rotatable bonds is 5. The average molecular weight is 344 g/mol. The first-order valence-electron chi connectivity index (χ1n) is 8.04. The van der Waals surface area contributed by atoms with E-state index in [1.54, 1.807) is 27.8 Å². The molecule has 2 atom stereocenters. The van der Waals surface area contributed by atoms with Crippen LogP contribution in [-0.2, 0) is 9.47 Å². The van der Waals surface area contributed by atoms with Crippen molar-refractivity contribution in [3.05, 3.63) is 21.5 Å². The Bertz CT molecular complexity index is 487. The van der Waals surface area contributed by atoms with E-state index in [0.717, 1.165) is 0 Å². The van der Waals surface area contributed by atoms with Gasteiger partial charge in [0.2, 0.25) is 0 Å². The normalized spacial score (nSPS) is 22.9. The molecule has 0 aromatic carbocycles. The highest BCUT2D eigenvalue weighted by Gasteiger charge is 2.29. The number of alkyl carbamates (subject to hydrolysis) is 1. The number of amides is 1. The Kier molecular flexibility index (Phi) is 7.43. The van der Waals surface area contributed by atoms with Crippen LogP contribution in [0, 0.1) is 10.1 Å². The summed E-state index contributed by atoms with van der Waals surface area (Å²) >= 11 is 0. The second-order valence-corrected chi connectivity index (χ2v) is 6.64. The molecule has 0 bridgehead atoms. The zero-order valence-electron chi connectivity index (χ0n) is 14.8. The van der Waals surface area contributed by atoms with Crippen molar-refractivity contribution in [1.82, 2.24) is 10.6 Å². The molecule has 1 rings (SSSR count). The fourth-order valence-corrected chi connectivity index (χ4v) is 2.55. The lowest BCUT2D eigenvalue weighted by Crippen LogP contribution is -2.39. The Morgan fingerprint density at radius 2 is 2.04 bits per heavy atom. The van der Waals surface area contributed by atoms with Gasteiger partial charge in [-0.2, -0.15) is 0 Å². The topological polar surface area (TPSA) is 129 Å². The van der Waals surface area contributed by atoms with Crippen molar-refractivity contribution in [1.29, 1.82) is 0 Å². The minimum absolute atomic E-state index is 0.0824. The molecular weight excluding hydrogens is 316 g/mol. The number of likely N-dealkylation sites (N-methyl/N-ethyl adjacent to an activating group) is 1. The molecular formula is C15H28N4O5. The van der Waals surface area contributed by atoms with Crippen LogP contribution < -0.4 is 16.4 Å². The molecule has 0 radical (unpaired) electrons. The van der Waals surface area contributed by atoms with Crippen LogP contribution in [0.1, 0.15) is 40.0 Å². The number of ether oxygens (including phenoxy) is 2. The molecule has 0 saturated carbocycles. The van der Waals surface area contributed by atoms with Gasteiger partial charge in [-0.1, -0.05) is 0 Å². The Balaban J connectivity index is 2.71. The predicted molar refractivity (Wildman–Crippen MR) is 88.9 cm³/mol. The summed E-state index contributed by atoms with van der Waals surface area (Å²) in [6, 6.07) is -0.0973. The van der Waals surface area contributed by atoms with E-state index in [1.807, 2.05) is 0 Å². The number of carbonyl (C=O) groups excluding carboxylic acids is 1. The smallest absolute Gasteiger partial charge is 0.407 e. The Hall–Kier alpha value is -1.87. The maximum absolute atomic E-state index is 11.9. The van der Waals surface area contributed by atoms with E-state index < -0.39 is 22.7 Å². The summed E-state index contributed by atoms with van der Waals surface area (Å²) in [6.07, 6.45) is 0.870. The molecule has 1 heterocycles. The Morgan fingerprint density at radius 3 is 2.54 bits per heavy atom. The fraction of sp³-hybridized carbons (Fsp3) is 0.800. The van der Waals surface area contributed by atoms with Crippen molar-refractivity contribution in [3.8, 4) is 0 Å². The molecule has 0 aliphatic carbocycles. The molecule has 9 heteroatoms. The number of nitro groups is 1. The van der Waals surface area contributed by atoms with E-state index in [0.29, 0.717) is 31.6 Å². The van der Waals surface area contributed by atoms with Crippen molar-refractivity contribution in [2.75, 3.05) is 20.2 Å². The third-order valence-electron chi connectivity index (χ3n) is 3.60. The maximum atomic E-state index is 11.9. The van der Waals surface area contributed by atoms with E-state index in [2.05, 4.69) is 10.6 Å². The lowest BCUT2D eigenvalue weighted by atomic mass is 10.0. The Morgan fingerprint density at radius 1 is 1.38 bits per heavy atom. The molecule has 0 aromatic rings. The van der Waals surface area contributed by atoms with Crippen molar-refractivity contribution in [3.63, 3.8) is 0 Å². The first-order valence-corrected chi connectivity index (χ1v) is 8.04. The number of nitrogens with zero attached hydrogens (tertiary/aromatic N) is 1. The first kappa shape index (κ1) is 20.2. The molecule has 1 aliphatic heterocycles. The van der Waals surface area contributed by atoms with Crippen molar-refractivity contribution < 1.29 is 19.2 Å². The number of carbonyl (C=O) groups is 1. The summed E-state index contributed by atoms with van der Waals surface area (Å²) in [6.45, 7) is 5.60. The van der Waals surface area contributed by atoms with E-state index in [1.165, 1.54) is 0 Å². The van der Waals surface area contributed by atoms with Crippen LogP contribution in [0.15, 0.2) is 11.4 Å². The monoisotopic (exact) mass is 344 g/mol. The highest BCUT2D eigenvalue weighted by molar-refractivity contribution is 5.68. The fourth-order valence-electron chi connectivity index (χ4n) is 2.55.